The maximum absolute atomic E-state index is 13.0. The number of carbonyl (C=O) groups excluding carboxylic acids is 1. The molecule has 1 aromatic heterocycles. The molecule has 3 aromatic rings. The van der Waals surface area contributed by atoms with Crippen molar-refractivity contribution >= 4 is 33.3 Å². The summed E-state index contributed by atoms with van der Waals surface area (Å²) in [5.41, 5.74) is -3.36. The third-order valence-electron chi connectivity index (χ3n) is 3.66. The van der Waals surface area contributed by atoms with E-state index in [0.717, 1.165) is 0 Å². The zero-order valence-electron chi connectivity index (χ0n) is 14.4. The molecule has 30 heavy (non-hydrogen) atoms. The second kappa shape index (κ2) is 7.93. The Hall–Kier alpha value is -3.16. The van der Waals surface area contributed by atoms with Crippen molar-refractivity contribution in [3.05, 3.63) is 52.0 Å². The summed E-state index contributed by atoms with van der Waals surface area (Å²) in [5, 5.41) is 17.4. The average molecular weight is 495 g/mol. The number of urea groups is 1. The predicted octanol–water partition coefficient (Wildman–Crippen LogP) is 5.31. The van der Waals surface area contributed by atoms with Gasteiger partial charge in [0.1, 0.15) is 0 Å². The molecular formula is C16H9BrF6N6O. The molecule has 0 unspecified atom stereocenters. The van der Waals surface area contributed by atoms with Gasteiger partial charge in [0.15, 0.2) is 0 Å². The number of H-pyrrole nitrogens is 1. The van der Waals surface area contributed by atoms with Crippen LogP contribution >= 0.6 is 15.9 Å². The number of amides is 2. The lowest BCUT2D eigenvalue weighted by molar-refractivity contribution is -0.143. The number of aromatic nitrogens is 4. The van der Waals surface area contributed by atoms with E-state index in [2.05, 4.69) is 41.9 Å². The normalized spacial score (nSPS) is 12.0. The number of alkyl halides is 6. The van der Waals surface area contributed by atoms with E-state index < -0.39 is 35.2 Å². The molecule has 7 nitrogen and oxygen atoms in total. The zero-order chi connectivity index (χ0) is 22.1. The molecule has 0 aliphatic rings. The number of tetrazole rings is 1. The first-order valence-electron chi connectivity index (χ1n) is 7.84. The Morgan fingerprint density at radius 2 is 1.57 bits per heavy atom. The van der Waals surface area contributed by atoms with E-state index in [1.807, 2.05) is 5.32 Å². The van der Waals surface area contributed by atoms with Gasteiger partial charge in [-0.3, -0.25) is 0 Å². The maximum Gasteiger partial charge on any atom is 0.416 e. The highest BCUT2D eigenvalue weighted by atomic mass is 79.9. The standard InChI is InChI=1S/C16H9BrF6N6O/c17-9-1-2-11(13-26-28-29-27-13)12(6-9)25-14(30)24-10-4-7(15(18,19)20)3-8(5-10)16(21,22)23/h1-6H,(H2,24,25,30)(H,26,27,28,29). The Morgan fingerprint density at radius 1 is 0.933 bits per heavy atom. The minimum atomic E-state index is -5.04. The summed E-state index contributed by atoms with van der Waals surface area (Å²) in [7, 11) is 0. The highest BCUT2D eigenvalue weighted by molar-refractivity contribution is 9.10. The van der Waals surface area contributed by atoms with Crippen LogP contribution in [0.2, 0.25) is 0 Å². The number of nitrogens with one attached hydrogen (secondary N) is 3. The van der Waals surface area contributed by atoms with Gasteiger partial charge in [0.2, 0.25) is 5.82 Å². The molecule has 0 atom stereocenters. The number of halogens is 7. The molecule has 0 saturated heterocycles. The minimum absolute atomic E-state index is 0.0360. The first-order chi connectivity index (χ1) is 13.9. The number of anilines is 2. The number of rotatable bonds is 3. The van der Waals surface area contributed by atoms with Crippen LogP contribution in [0.5, 0.6) is 0 Å². The Labute approximate surface area is 172 Å². The molecule has 1 heterocycles. The van der Waals surface area contributed by atoms with Crippen molar-refractivity contribution in [1.82, 2.24) is 20.6 Å². The highest BCUT2D eigenvalue weighted by Crippen LogP contribution is 2.37. The van der Waals surface area contributed by atoms with Gasteiger partial charge in [-0.25, -0.2) is 4.79 Å². The molecule has 3 N–H and O–H groups in total. The topological polar surface area (TPSA) is 95.6 Å². The van der Waals surface area contributed by atoms with Crippen molar-refractivity contribution in [3.63, 3.8) is 0 Å². The summed E-state index contributed by atoms with van der Waals surface area (Å²) in [5.74, 6) is 0.108. The van der Waals surface area contributed by atoms with E-state index in [1.54, 1.807) is 6.07 Å². The van der Waals surface area contributed by atoms with E-state index in [-0.39, 0.29) is 17.6 Å². The Bertz CT molecular complexity index is 1030. The van der Waals surface area contributed by atoms with Crippen molar-refractivity contribution in [1.29, 1.82) is 0 Å². The fourth-order valence-electron chi connectivity index (χ4n) is 2.40. The molecule has 14 heteroatoms. The van der Waals surface area contributed by atoms with Crippen LogP contribution in [0.4, 0.5) is 42.5 Å². The van der Waals surface area contributed by atoms with Crippen molar-refractivity contribution in [2.45, 2.75) is 12.4 Å². The number of hydrogen-bond acceptors (Lipinski definition) is 4. The molecule has 3 rings (SSSR count). The third kappa shape index (κ3) is 5.06. The molecule has 0 bridgehead atoms. The molecule has 0 aliphatic heterocycles. The summed E-state index contributed by atoms with van der Waals surface area (Å²) >= 11 is 3.19. The predicted molar refractivity (Wildman–Crippen MR) is 96.4 cm³/mol. The van der Waals surface area contributed by atoms with E-state index in [4.69, 9.17) is 0 Å². The number of aromatic amines is 1. The lowest BCUT2D eigenvalue weighted by Gasteiger charge is -2.15. The SMILES string of the molecule is O=C(Nc1cc(C(F)(F)F)cc(C(F)(F)F)c1)Nc1cc(Br)ccc1-c1nn[nH]n1. The van der Waals surface area contributed by atoms with Gasteiger partial charge in [-0.15, -0.1) is 10.2 Å². The largest absolute Gasteiger partial charge is 0.416 e. The highest BCUT2D eigenvalue weighted by Gasteiger charge is 2.37. The van der Waals surface area contributed by atoms with Gasteiger partial charge in [0, 0.05) is 15.7 Å². The Balaban J connectivity index is 1.90. The quantitative estimate of drug-likeness (QED) is 0.430. The first kappa shape index (κ1) is 21.5. The number of hydrogen-bond donors (Lipinski definition) is 3. The molecule has 0 aliphatic carbocycles. The van der Waals surface area contributed by atoms with Gasteiger partial charge < -0.3 is 10.6 Å². The van der Waals surface area contributed by atoms with Gasteiger partial charge >= 0.3 is 18.4 Å². The van der Waals surface area contributed by atoms with Gasteiger partial charge in [0.05, 0.1) is 16.8 Å². The van der Waals surface area contributed by atoms with Crippen LogP contribution in [0.1, 0.15) is 11.1 Å². The monoisotopic (exact) mass is 494 g/mol. The van der Waals surface area contributed by atoms with Gasteiger partial charge in [0.25, 0.3) is 0 Å². The molecule has 2 amide bonds. The molecule has 0 saturated carbocycles. The summed E-state index contributed by atoms with van der Waals surface area (Å²) in [6.07, 6.45) is -10.1. The summed E-state index contributed by atoms with van der Waals surface area (Å²) in [6.45, 7) is 0. The van der Waals surface area contributed by atoms with Crippen LogP contribution in [-0.2, 0) is 12.4 Å². The van der Waals surface area contributed by atoms with Crippen molar-refractivity contribution in [3.8, 4) is 11.4 Å². The fourth-order valence-corrected chi connectivity index (χ4v) is 2.76. The van der Waals surface area contributed by atoms with Crippen molar-refractivity contribution in [2.24, 2.45) is 0 Å². The van der Waals surface area contributed by atoms with E-state index >= 15 is 0 Å². The van der Waals surface area contributed by atoms with Gasteiger partial charge in [-0.05, 0) is 41.6 Å². The van der Waals surface area contributed by atoms with E-state index in [0.29, 0.717) is 22.2 Å². The third-order valence-corrected chi connectivity index (χ3v) is 4.15. The van der Waals surface area contributed by atoms with Crippen molar-refractivity contribution in [2.75, 3.05) is 10.6 Å². The molecule has 2 aromatic carbocycles. The fraction of sp³-hybridized carbons (Fsp3) is 0.125. The van der Waals surface area contributed by atoms with Crippen LogP contribution in [0.25, 0.3) is 11.4 Å². The lowest BCUT2D eigenvalue weighted by atomic mass is 10.1. The summed E-state index contributed by atoms with van der Waals surface area (Å²) < 4.78 is 78.2. The van der Waals surface area contributed by atoms with Crippen LogP contribution in [0, 0.1) is 0 Å². The first-order valence-corrected chi connectivity index (χ1v) is 8.63. The Kier molecular flexibility index (Phi) is 5.70. The maximum atomic E-state index is 13.0. The number of benzene rings is 2. The molecule has 0 fully saturated rings. The average Bonchev–Trinajstić information content (AvgIpc) is 3.14. The van der Waals surface area contributed by atoms with Gasteiger partial charge in [-0.2, -0.15) is 31.6 Å². The Morgan fingerprint density at radius 3 is 2.10 bits per heavy atom. The molecule has 0 spiro atoms. The van der Waals surface area contributed by atoms with Crippen LogP contribution < -0.4 is 10.6 Å². The second-order valence-corrected chi connectivity index (χ2v) is 6.71. The van der Waals surface area contributed by atoms with Crippen LogP contribution in [0.3, 0.4) is 0 Å². The van der Waals surface area contributed by atoms with Crippen LogP contribution in [-0.4, -0.2) is 26.7 Å². The smallest absolute Gasteiger partial charge is 0.308 e. The molecule has 158 valence electrons. The summed E-state index contributed by atoms with van der Waals surface area (Å²) in [6, 6.07) is 4.26. The second-order valence-electron chi connectivity index (χ2n) is 5.80. The zero-order valence-corrected chi connectivity index (χ0v) is 15.9. The lowest BCUT2D eigenvalue weighted by Crippen LogP contribution is -2.21. The number of carbonyl (C=O) groups is 1. The van der Waals surface area contributed by atoms with E-state index in [1.165, 1.54) is 12.1 Å². The molecular weight excluding hydrogens is 486 g/mol. The number of nitrogens with zero attached hydrogens (tertiary/aromatic N) is 3. The van der Waals surface area contributed by atoms with Crippen molar-refractivity contribution < 1.29 is 31.1 Å². The van der Waals surface area contributed by atoms with Gasteiger partial charge in [-0.1, -0.05) is 15.9 Å². The van der Waals surface area contributed by atoms with Crippen LogP contribution in [0.15, 0.2) is 40.9 Å². The summed E-state index contributed by atoms with van der Waals surface area (Å²) in [4.78, 5) is 12.3. The molecule has 0 radical (unpaired) electrons. The van der Waals surface area contributed by atoms with E-state index in [9.17, 15) is 31.1 Å². The minimum Gasteiger partial charge on any atom is -0.308 e.